The molecule has 0 radical (unpaired) electrons. The van der Waals surface area contributed by atoms with Crippen molar-refractivity contribution in [3.63, 3.8) is 0 Å². The van der Waals surface area contributed by atoms with Crippen LogP contribution in [0.2, 0.25) is 0 Å². The molecule has 0 unspecified atom stereocenters. The smallest absolute Gasteiger partial charge is 0.426 e. The van der Waals surface area contributed by atoms with Gasteiger partial charge in [-0.15, -0.1) is 11.3 Å². The number of hydrogen-bond donors (Lipinski definition) is 3. The Morgan fingerprint density at radius 1 is 1.47 bits per heavy atom. The zero-order chi connectivity index (χ0) is 13.7. The largest absolute Gasteiger partial charge is 0.449 e. The van der Waals surface area contributed by atoms with Gasteiger partial charge in [0.2, 0.25) is 0 Å². The predicted molar refractivity (Wildman–Crippen MR) is 69.5 cm³/mol. The Hall–Kier alpha value is -2.35. The van der Waals surface area contributed by atoms with Crippen LogP contribution in [0.1, 0.15) is 17.4 Å². The van der Waals surface area contributed by atoms with E-state index in [-0.39, 0.29) is 12.3 Å². The molecule has 0 saturated carbocycles. The van der Waals surface area contributed by atoms with Crippen LogP contribution < -0.4 is 10.9 Å². The SMILES string of the molecule is CCOC(=O)NNC(=O)c1cc(-c2cccs2)[nH]n1. The zero-order valence-corrected chi connectivity index (χ0v) is 10.9. The van der Waals surface area contributed by atoms with E-state index in [1.54, 1.807) is 13.0 Å². The topological polar surface area (TPSA) is 96.1 Å². The molecule has 3 N–H and O–H groups in total. The van der Waals surface area contributed by atoms with Crippen molar-refractivity contribution in [2.75, 3.05) is 6.61 Å². The number of hydrogen-bond acceptors (Lipinski definition) is 5. The summed E-state index contributed by atoms with van der Waals surface area (Å²) in [6.45, 7) is 1.90. The van der Waals surface area contributed by atoms with Crippen LogP contribution in [-0.2, 0) is 4.74 Å². The van der Waals surface area contributed by atoms with Crippen LogP contribution in [0.15, 0.2) is 23.6 Å². The summed E-state index contributed by atoms with van der Waals surface area (Å²) >= 11 is 1.53. The van der Waals surface area contributed by atoms with E-state index in [9.17, 15) is 9.59 Å². The average Bonchev–Trinajstić information content (AvgIpc) is 3.06. The lowest BCUT2D eigenvalue weighted by molar-refractivity contribution is 0.0908. The molecule has 0 fully saturated rings. The summed E-state index contributed by atoms with van der Waals surface area (Å²) < 4.78 is 4.60. The van der Waals surface area contributed by atoms with Gasteiger partial charge in [-0.1, -0.05) is 6.07 Å². The van der Waals surface area contributed by atoms with Crippen molar-refractivity contribution in [2.24, 2.45) is 0 Å². The van der Waals surface area contributed by atoms with Gasteiger partial charge < -0.3 is 4.74 Å². The second-order valence-electron chi connectivity index (χ2n) is 3.44. The number of nitrogens with one attached hydrogen (secondary N) is 3. The number of carbonyl (C=O) groups is 2. The van der Waals surface area contributed by atoms with Crippen molar-refractivity contribution in [2.45, 2.75) is 6.92 Å². The van der Waals surface area contributed by atoms with Gasteiger partial charge in [-0.25, -0.2) is 10.2 Å². The Labute approximate surface area is 112 Å². The van der Waals surface area contributed by atoms with Crippen LogP contribution in [0.5, 0.6) is 0 Å². The summed E-state index contributed by atoms with van der Waals surface area (Å²) in [4.78, 5) is 23.6. The number of H-pyrrole nitrogens is 1. The Balaban J connectivity index is 1.95. The number of nitrogens with zero attached hydrogens (tertiary/aromatic N) is 1. The zero-order valence-electron chi connectivity index (χ0n) is 10.1. The normalized spacial score (nSPS) is 9.95. The lowest BCUT2D eigenvalue weighted by Gasteiger charge is -2.04. The number of aromatic nitrogens is 2. The first kappa shape index (κ1) is 13.1. The highest BCUT2D eigenvalue weighted by Crippen LogP contribution is 2.22. The summed E-state index contributed by atoms with van der Waals surface area (Å²) in [5.74, 6) is -0.521. The van der Waals surface area contributed by atoms with Gasteiger partial charge in [0, 0.05) is 0 Å². The minimum Gasteiger partial charge on any atom is -0.449 e. The van der Waals surface area contributed by atoms with E-state index in [1.165, 1.54) is 11.3 Å². The van der Waals surface area contributed by atoms with E-state index < -0.39 is 12.0 Å². The van der Waals surface area contributed by atoms with E-state index in [0.29, 0.717) is 0 Å². The fourth-order valence-electron chi connectivity index (χ4n) is 1.34. The molecule has 0 saturated heterocycles. The van der Waals surface area contributed by atoms with E-state index >= 15 is 0 Å². The van der Waals surface area contributed by atoms with Crippen LogP contribution in [0, 0.1) is 0 Å². The summed E-state index contributed by atoms with van der Waals surface area (Å²) in [6.07, 6.45) is -0.718. The molecular weight excluding hydrogens is 268 g/mol. The number of thiophene rings is 1. The molecule has 7 nitrogen and oxygen atoms in total. The maximum atomic E-state index is 11.7. The molecule has 100 valence electrons. The Kier molecular flexibility index (Phi) is 4.14. The Morgan fingerprint density at radius 3 is 3.00 bits per heavy atom. The van der Waals surface area contributed by atoms with Crippen molar-refractivity contribution in [3.8, 4) is 10.6 Å². The van der Waals surface area contributed by atoms with Crippen LogP contribution in [0.4, 0.5) is 4.79 Å². The first-order valence-corrected chi connectivity index (χ1v) is 6.41. The molecule has 2 rings (SSSR count). The number of rotatable bonds is 3. The third kappa shape index (κ3) is 3.32. The summed E-state index contributed by atoms with van der Waals surface area (Å²) in [5, 5.41) is 8.56. The fourth-order valence-corrected chi connectivity index (χ4v) is 2.03. The van der Waals surface area contributed by atoms with Crippen molar-refractivity contribution in [1.29, 1.82) is 0 Å². The third-order valence-corrected chi connectivity index (χ3v) is 3.05. The number of hydrazine groups is 1. The highest BCUT2D eigenvalue weighted by Gasteiger charge is 2.12. The van der Waals surface area contributed by atoms with Gasteiger partial charge in [-0.3, -0.25) is 15.3 Å². The first-order valence-electron chi connectivity index (χ1n) is 5.53. The third-order valence-electron chi connectivity index (χ3n) is 2.15. The number of aromatic amines is 1. The van der Waals surface area contributed by atoms with E-state index in [1.807, 2.05) is 17.5 Å². The van der Waals surface area contributed by atoms with Gasteiger partial charge >= 0.3 is 6.09 Å². The predicted octanol–water partition coefficient (Wildman–Crippen LogP) is 1.53. The standard InChI is InChI=1S/C11H12N4O3S/c1-2-18-11(17)15-14-10(16)8-6-7(12-13-8)9-4-3-5-19-9/h3-6H,2H2,1H3,(H,12,13)(H,14,16)(H,15,17). The Morgan fingerprint density at radius 2 is 2.32 bits per heavy atom. The highest BCUT2D eigenvalue weighted by atomic mass is 32.1. The van der Waals surface area contributed by atoms with Gasteiger partial charge in [0.1, 0.15) is 0 Å². The minimum atomic E-state index is -0.718. The number of carbonyl (C=O) groups excluding carboxylic acids is 2. The maximum absolute atomic E-state index is 11.7. The van der Waals surface area contributed by atoms with Gasteiger partial charge in [-0.2, -0.15) is 5.10 Å². The number of ether oxygens (including phenoxy) is 1. The van der Waals surface area contributed by atoms with Gasteiger partial charge in [0.05, 0.1) is 17.2 Å². The molecule has 0 aliphatic carbocycles. The molecule has 8 heteroatoms. The molecule has 0 aliphatic rings. The van der Waals surface area contributed by atoms with Crippen molar-refractivity contribution in [1.82, 2.24) is 21.0 Å². The van der Waals surface area contributed by atoms with Crippen LogP contribution >= 0.6 is 11.3 Å². The second kappa shape index (κ2) is 6.01. The Bertz CT molecular complexity index is 564. The van der Waals surface area contributed by atoms with Gasteiger partial charge in [-0.05, 0) is 24.4 Å². The minimum absolute atomic E-state index is 0.181. The van der Waals surface area contributed by atoms with Crippen molar-refractivity contribution < 1.29 is 14.3 Å². The quantitative estimate of drug-likeness (QED) is 0.743. The molecule has 2 amide bonds. The highest BCUT2D eigenvalue weighted by molar-refractivity contribution is 7.13. The molecule has 2 aromatic heterocycles. The maximum Gasteiger partial charge on any atom is 0.426 e. The lowest BCUT2D eigenvalue weighted by atomic mass is 10.3. The first-order chi connectivity index (χ1) is 9.20. The average molecular weight is 280 g/mol. The molecular formula is C11H12N4O3S. The second-order valence-corrected chi connectivity index (χ2v) is 4.39. The van der Waals surface area contributed by atoms with E-state index in [2.05, 4.69) is 25.8 Å². The van der Waals surface area contributed by atoms with E-state index in [4.69, 9.17) is 0 Å². The van der Waals surface area contributed by atoms with Crippen molar-refractivity contribution >= 4 is 23.3 Å². The van der Waals surface area contributed by atoms with E-state index in [0.717, 1.165) is 10.6 Å². The lowest BCUT2D eigenvalue weighted by Crippen LogP contribution is -2.42. The molecule has 0 aliphatic heterocycles. The van der Waals surface area contributed by atoms with Crippen molar-refractivity contribution in [3.05, 3.63) is 29.3 Å². The molecule has 19 heavy (non-hydrogen) atoms. The molecule has 2 aromatic rings. The summed E-state index contributed by atoms with van der Waals surface area (Å²) in [6, 6.07) is 5.42. The van der Waals surface area contributed by atoms with Crippen LogP contribution in [0.25, 0.3) is 10.6 Å². The van der Waals surface area contributed by atoms with Gasteiger partial charge in [0.25, 0.3) is 5.91 Å². The summed E-state index contributed by atoms with van der Waals surface area (Å²) in [7, 11) is 0. The molecule has 0 spiro atoms. The molecule has 0 aromatic carbocycles. The van der Waals surface area contributed by atoms with Crippen LogP contribution in [0.3, 0.4) is 0 Å². The molecule has 0 atom stereocenters. The van der Waals surface area contributed by atoms with Crippen LogP contribution in [-0.4, -0.2) is 28.8 Å². The summed E-state index contributed by atoms with van der Waals surface area (Å²) in [5.41, 5.74) is 5.24. The number of amides is 2. The molecule has 2 heterocycles. The fraction of sp³-hybridized carbons (Fsp3) is 0.182. The monoisotopic (exact) mass is 280 g/mol. The van der Waals surface area contributed by atoms with Gasteiger partial charge in [0.15, 0.2) is 5.69 Å². The molecule has 0 bridgehead atoms.